The number of aliphatic hydroxyl groups is 2. The van der Waals surface area contributed by atoms with Crippen molar-refractivity contribution < 1.29 is 15.0 Å². The molecule has 0 bridgehead atoms. The molecule has 178 valence electrons. The Kier molecular flexibility index (Phi) is 22.1. The van der Waals surface area contributed by atoms with Gasteiger partial charge in [0.05, 0.1) is 18.8 Å². The van der Waals surface area contributed by atoms with E-state index in [2.05, 4.69) is 19.2 Å². The lowest BCUT2D eigenvalue weighted by Crippen LogP contribution is -2.45. The molecule has 0 saturated carbocycles. The lowest BCUT2D eigenvalue weighted by Gasteiger charge is -2.19. The van der Waals surface area contributed by atoms with E-state index in [-0.39, 0.29) is 12.5 Å². The van der Waals surface area contributed by atoms with Gasteiger partial charge in [0.1, 0.15) is 0 Å². The van der Waals surface area contributed by atoms with E-state index in [0.29, 0.717) is 6.42 Å². The number of carbonyl (C=O) groups is 1. The summed E-state index contributed by atoms with van der Waals surface area (Å²) in [6, 6.07) is -0.609. The summed E-state index contributed by atoms with van der Waals surface area (Å²) < 4.78 is 0. The summed E-state index contributed by atoms with van der Waals surface area (Å²) in [6.45, 7) is 4.09. The Labute approximate surface area is 186 Å². The number of aliphatic hydroxyl groups excluding tert-OH is 2. The molecular formula is C26H51NO3. The number of hydrogen-bond acceptors (Lipinski definition) is 3. The molecule has 0 aromatic heterocycles. The molecule has 0 aromatic carbocycles. The van der Waals surface area contributed by atoms with Crippen LogP contribution in [0, 0.1) is 0 Å². The zero-order valence-corrected chi connectivity index (χ0v) is 20.0. The van der Waals surface area contributed by atoms with Crippen LogP contribution in [0.1, 0.15) is 129 Å². The molecule has 0 saturated heterocycles. The van der Waals surface area contributed by atoms with Crippen LogP contribution in [0.2, 0.25) is 0 Å². The van der Waals surface area contributed by atoms with Gasteiger partial charge in [0.25, 0.3) is 0 Å². The fourth-order valence-electron chi connectivity index (χ4n) is 3.71. The molecule has 0 heterocycles. The average molecular weight is 426 g/mol. The molecule has 4 heteroatoms. The van der Waals surface area contributed by atoms with Gasteiger partial charge in [-0.2, -0.15) is 0 Å². The molecule has 30 heavy (non-hydrogen) atoms. The fourth-order valence-corrected chi connectivity index (χ4v) is 3.71. The minimum Gasteiger partial charge on any atom is -0.394 e. The highest BCUT2D eigenvalue weighted by molar-refractivity contribution is 5.76. The highest BCUT2D eigenvalue weighted by Crippen LogP contribution is 2.13. The second kappa shape index (κ2) is 22.8. The maximum Gasteiger partial charge on any atom is 0.220 e. The van der Waals surface area contributed by atoms with Gasteiger partial charge < -0.3 is 15.5 Å². The van der Waals surface area contributed by atoms with Crippen molar-refractivity contribution in [2.75, 3.05) is 6.61 Å². The predicted molar refractivity (Wildman–Crippen MR) is 129 cm³/mol. The molecule has 0 rings (SSSR count). The normalized spacial score (nSPS) is 13.6. The first-order valence-electron chi connectivity index (χ1n) is 12.9. The maximum atomic E-state index is 12.0. The third kappa shape index (κ3) is 19.1. The number of nitrogens with one attached hydrogen (secondary N) is 1. The summed E-state index contributed by atoms with van der Waals surface area (Å²) >= 11 is 0. The highest BCUT2D eigenvalue weighted by Gasteiger charge is 2.17. The van der Waals surface area contributed by atoms with E-state index >= 15 is 0 Å². The smallest absolute Gasteiger partial charge is 0.220 e. The Hall–Kier alpha value is -0.870. The van der Waals surface area contributed by atoms with Crippen molar-refractivity contribution in [3.8, 4) is 0 Å². The van der Waals surface area contributed by atoms with Crippen LogP contribution in [0.3, 0.4) is 0 Å². The Morgan fingerprint density at radius 2 is 1.23 bits per heavy atom. The van der Waals surface area contributed by atoms with Gasteiger partial charge in [0, 0.05) is 6.42 Å². The summed E-state index contributed by atoms with van der Waals surface area (Å²) in [7, 11) is 0. The molecule has 0 aliphatic carbocycles. The van der Waals surface area contributed by atoms with E-state index < -0.39 is 12.1 Å². The molecule has 0 radical (unpaired) electrons. The Morgan fingerprint density at radius 3 is 1.67 bits per heavy atom. The Bertz CT molecular complexity index is 398. The molecule has 2 atom stereocenters. The van der Waals surface area contributed by atoms with Gasteiger partial charge >= 0.3 is 0 Å². The third-order valence-electron chi connectivity index (χ3n) is 5.75. The molecule has 0 aromatic rings. The van der Waals surface area contributed by atoms with E-state index in [1.54, 1.807) is 6.08 Å². The molecular weight excluding hydrogens is 374 g/mol. The Balaban J connectivity index is 3.49. The first kappa shape index (κ1) is 29.1. The van der Waals surface area contributed by atoms with Crippen LogP contribution in [-0.4, -0.2) is 34.9 Å². The molecule has 4 nitrogen and oxygen atoms in total. The number of allylic oxidation sites excluding steroid dienone is 1. The van der Waals surface area contributed by atoms with E-state index in [1.165, 1.54) is 83.5 Å². The SMILES string of the molecule is CCC/C=C/C(O)C(CO)NC(=O)CCCCCCCCCCCCCCCCC. The minimum absolute atomic E-state index is 0.0771. The molecule has 0 aliphatic heterocycles. The van der Waals surface area contributed by atoms with Crippen LogP contribution in [0.4, 0.5) is 0 Å². The van der Waals surface area contributed by atoms with Crippen LogP contribution in [-0.2, 0) is 4.79 Å². The predicted octanol–water partition coefficient (Wildman–Crippen LogP) is 6.44. The van der Waals surface area contributed by atoms with Crippen molar-refractivity contribution in [3.05, 3.63) is 12.2 Å². The van der Waals surface area contributed by atoms with Crippen molar-refractivity contribution in [1.29, 1.82) is 0 Å². The topological polar surface area (TPSA) is 69.6 Å². The second-order valence-corrected chi connectivity index (χ2v) is 8.76. The van der Waals surface area contributed by atoms with E-state index in [1.807, 2.05) is 6.08 Å². The van der Waals surface area contributed by atoms with E-state index in [4.69, 9.17) is 0 Å². The third-order valence-corrected chi connectivity index (χ3v) is 5.75. The van der Waals surface area contributed by atoms with Crippen molar-refractivity contribution in [3.63, 3.8) is 0 Å². The quantitative estimate of drug-likeness (QED) is 0.138. The van der Waals surface area contributed by atoms with Crippen LogP contribution in [0.25, 0.3) is 0 Å². The standard InChI is InChI=1S/C26H51NO3/c1-3-5-7-8-9-10-11-12-13-14-15-16-17-18-20-22-26(30)27-24(23-28)25(29)21-19-6-4-2/h19,21,24-25,28-29H,3-18,20,22-23H2,1-2H3,(H,27,30)/b21-19+. The van der Waals surface area contributed by atoms with Crippen molar-refractivity contribution in [2.24, 2.45) is 0 Å². The van der Waals surface area contributed by atoms with Crippen molar-refractivity contribution in [1.82, 2.24) is 5.32 Å². The zero-order chi connectivity index (χ0) is 22.3. The van der Waals surface area contributed by atoms with Crippen LogP contribution in [0.15, 0.2) is 12.2 Å². The summed E-state index contributed by atoms with van der Waals surface area (Å²) in [5, 5.41) is 22.2. The van der Waals surface area contributed by atoms with Crippen molar-refractivity contribution in [2.45, 2.75) is 142 Å². The first-order valence-corrected chi connectivity index (χ1v) is 12.9. The number of rotatable bonds is 22. The fraction of sp³-hybridized carbons (Fsp3) is 0.885. The molecule has 0 fully saturated rings. The monoisotopic (exact) mass is 425 g/mol. The van der Waals surface area contributed by atoms with Gasteiger partial charge in [-0.15, -0.1) is 0 Å². The lowest BCUT2D eigenvalue weighted by molar-refractivity contribution is -0.123. The number of hydrogen-bond donors (Lipinski definition) is 3. The molecule has 0 aliphatic rings. The van der Waals surface area contributed by atoms with Crippen LogP contribution in [0.5, 0.6) is 0 Å². The number of amides is 1. The Morgan fingerprint density at radius 1 is 0.767 bits per heavy atom. The molecule has 0 spiro atoms. The molecule has 1 amide bonds. The van der Waals surface area contributed by atoms with Crippen LogP contribution >= 0.6 is 0 Å². The minimum atomic E-state index is -0.827. The van der Waals surface area contributed by atoms with Gasteiger partial charge in [-0.3, -0.25) is 4.79 Å². The highest BCUT2D eigenvalue weighted by atomic mass is 16.3. The van der Waals surface area contributed by atoms with Gasteiger partial charge in [0.2, 0.25) is 5.91 Å². The first-order chi connectivity index (χ1) is 14.7. The molecule has 2 unspecified atom stereocenters. The van der Waals surface area contributed by atoms with Gasteiger partial charge in [-0.05, 0) is 12.8 Å². The van der Waals surface area contributed by atoms with Crippen LogP contribution < -0.4 is 5.32 Å². The van der Waals surface area contributed by atoms with Crippen molar-refractivity contribution >= 4 is 5.91 Å². The summed E-state index contributed by atoms with van der Waals surface area (Å²) in [6.07, 6.45) is 24.7. The van der Waals surface area contributed by atoms with Gasteiger partial charge in [-0.1, -0.05) is 122 Å². The number of unbranched alkanes of at least 4 members (excludes halogenated alkanes) is 15. The number of carbonyl (C=O) groups excluding carboxylic acids is 1. The summed E-state index contributed by atoms with van der Waals surface area (Å²) in [4.78, 5) is 12.0. The lowest BCUT2D eigenvalue weighted by atomic mass is 10.0. The summed E-state index contributed by atoms with van der Waals surface area (Å²) in [5.41, 5.74) is 0. The average Bonchev–Trinajstić information content (AvgIpc) is 2.74. The molecule has 3 N–H and O–H groups in total. The zero-order valence-electron chi connectivity index (χ0n) is 20.0. The van der Waals surface area contributed by atoms with E-state index in [9.17, 15) is 15.0 Å². The maximum absolute atomic E-state index is 12.0. The van der Waals surface area contributed by atoms with Gasteiger partial charge in [0.15, 0.2) is 0 Å². The largest absolute Gasteiger partial charge is 0.394 e. The van der Waals surface area contributed by atoms with E-state index in [0.717, 1.165) is 25.7 Å². The summed E-state index contributed by atoms with van der Waals surface area (Å²) in [5.74, 6) is -0.0771. The second-order valence-electron chi connectivity index (χ2n) is 8.76. The van der Waals surface area contributed by atoms with Gasteiger partial charge in [-0.25, -0.2) is 0 Å².